The molecule has 0 aliphatic carbocycles. The lowest BCUT2D eigenvalue weighted by Gasteiger charge is -2.37. The van der Waals surface area contributed by atoms with Crippen molar-refractivity contribution in [2.45, 2.75) is 26.0 Å². The third kappa shape index (κ3) is 5.39. The van der Waals surface area contributed by atoms with Crippen LogP contribution in [0.15, 0.2) is 66.9 Å². The lowest BCUT2D eigenvalue weighted by molar-refractivity contribution is 0.0313. The molecule has 36 heavy (non-hydrogen) atoms. The molecule has 188 valence electrons. The zero-order valence-corrected chi connectivity index (χ0v) is 20.6. The Labute approximate surface area is 210 Å². The van der Waals surface area contributed by atoms with Gasteiger partial charge in [0.05, 0.1) is 19.2 Å². The van der Waals surface area contributed by atoms with Crippen molar-refractivity contribution in [3.05, 3.63) is 83.8 Å². The number of aromatic nitrogens is 1. The summed E-state index contributed by atoms with van der Waals surface area (Å²) in [7, 11) is 1.63. The van der Waals surface area contributed by atoms with Gasteiger partial charge in [-0.05, 0) is 36.8 Å². The van der Waals surface area contributed by atoms with Gasteiger partial charge in [-0.1, -0.05) is 43.3 Å². The van der Waals surface area contributed by atoms with Crippen molar-refractivity contribution in [1.82, 2.24) is 14.8 Å². The highest BCUT2D eigenvalue weighted by Gasteiger charge is 2.35. The predicted octanol–water partition coefficient (Wildman–Crippen LogP) is 3.88. The van der Waals surface area contributed by atoms with Crippen LogP contribution in [-0.2, 0) is 0 Å². The Kier molecular flexibility index (Phi) is 7.64. The Balaban J connectivity index is 1.67. The van der Waals surface area contributed by atoms with Crippen molar-refractivity contribution >= 4 is 11.8 Å². The fourth-order valence-corrected chi connectivity index (χ4v) is 4.30. The Morgan fingerprint density at radius 3 is 2.64 bits per heavy atom. The number of likely N-dealkylation sites (N-methyl/N-ethyl adjacent to an activating group) is 1. The molecule has 0 saturated heterocycles. The number of carbonyl (C=O) groups excluding carboxylic acids is 2. The highest BCUT2D eigenvalue weighted by Crippen LogP contribution is 2.30. The number of fused-ring (bicyclic) bond motifs is 1. The van der Waals surface area contributed by atoms with Gasteiger partial charge >= 0.3 is 0 Å². The molecule has 0 fully saturated rings. The second-order valence-corrected chi connectivity index (χ2v) is 9.26. The molecule has 0 bridgehead atoms. The number of halogens is 1. The largest absolute Gasteiger partial charge is 0.472 e. The molecule has 1 N–H and O–H groups in total. The summed E-state index contributed by atoms with van der Waals surface area (Å²) in [4.78, 5) is 34.1. The number of ether oxygens (including phenoxy) is 1. The molecule has 2 heterocycles. The summed E-state index contributed by atoms with van der Waals surface area (Å²) in [5.74, 6) is -1.10. The van der Waals surface area contributed by atoms with Crippen LogP contribution in [0, 0.1) is 11.7 Å². The first kappa shape index (κ1) is 25.3. The summed E-state index contributed by atoms with van der Waals surface area (Å²) in [6, 6.07) is 16.5. The third-order valence-corrected chi connectivity index (χ3v) is 6.50. The van der Waals surface area contributed by atoms with Gasteiger partial charge in [0.25, 0.3) is 11.8 Å². The van der Waals surface area contributed by atoms with Gasteiger partial charge in [0.2, 0.25) is 5.88 Å². The van der Waals surface area contributed by atoms with E-state index < -0.39 is 18.0 Å². The molecule has 1 aliphatic rings. The summed E-state index contributed by atoms with van der Waals surface area (Å²) in [5.41, 5.74) is 2.22. The van der Waals surface area contributed by atoms with E-state index in [1.165, 1.54) is 23.1 Å². The molecule has 3 atom stereocenters. The van der Waals surface area contributed by atoms with Crippen molar-refractivity contribution in [3.8, 4) is 17.0 Å². The number of aliphatic hydroxyl groups is 1. The smallest absolute Gasteiger partial charge is 0.259 e. The maximum Gasteiger partial charge on any atom is 0.259 e. The highest BCUT2D eigenvalue weighted by atomic mass is 19.1. The van der Waals surface area contributed by atoms with E-state index in [1.807, 2.05) is 37.3 Å². The highest BCUT2D eigenvalue weighted by molar-refractivity contribution is 5.98. The van der Waals surface area contributed by atoms with Crippen LogP contribution in [0.25, 0.3) is 11.1 Å². The Morgan fingerprint density at radius 1 is 1.19 bits per heavy atom. The molecule has 2 amide bonds. The minimum Gasteiger partial charge on any atom is -0.472 e. The minimum absolute atomic E-state index is 0.179. The maximum atomic E-state index is 13.7. The number of amides is 2. The third-order valence-electron chi connectivity index (χ3n) is 6.50. The van der Waals surface area contributed by atoms with Crippen molar-refractivity contribution in [2.24, 2.45) is 5.92 Å². The number of carbonyl (C=O) groups is 2. The van der Waals surface area contributed by atoms with Crippen LogP contribution in [-0.4, -0.2) is 70.6 Å². The number of rotatable bonds is 6. The quantitative estimate of drug-likeness (QED) is 0.566. The number of hydrogen-bond donors (Lipinski definition) is 1. The second-order valence-electron chi connectivity index (χ2n) is 9.26. The molecule has 3 aromatic rings. The first-order valence-corrected chi connectivity index (χ1v) is 11.9. The molecular weight excluding hydrogens is 461 g/mol. The van der Waals surface area contributed by atoms with Gasteiger partial charge in [0.1, 0.15) is 17.5 Å². The standard InChI is InChI=1S/C28H30FN3O4/c1-18-15-32(19(2)17-33)28(35)24-13-22(20-8-5-4-6-9-20)14-30-26(24)36-25(18)16-31(3)27(34)21-10-7-11-23(29)12-21/h4-14,18-19,25,33H,15-17H2,1-3H3/t18-,19-,25-/m1/s1. The predicted molar refractivity (Wildman–Crippen MR) is 134 cm³/mol. The zero-order chi connectivity index (χ0) is 25.8. The molecule has 7 nitrogen and oxygen atoms in total. The van der Waals surface area contributed by atoms with E-state index in [9.17, 15) is 19.1 Å². The van der Waals surface area contributed by atoms with Crippen molar-refractivity contribution in [2.75, 3.05) is 26.7 Å². The van der Waals surface area contributed by atoms with Crippen molar-refractivity contribution in [3.63, 3.8) is 0 Å². The number of pyridine rings is 1. The van der Waals surface area contributed by atoms with Gasteiger partial charge < -0.3 is 19.6 Å². The summed E-state index contributed by atoms with van der Waals surface area (Å²) in [6.07, 6.45) is 1.16. The molecule has 0 radical (unpaired) electrons. The average molecular weight is 492 g/mol. The van der Waals surface area contributed by atoms with Crippen LogP contribution in [0.1, 0.15) is 34.6 Å². The van der Waals surface area contributed by atoms with Gasteiger partial charge in [0.15, 0.2) is 0 Å². The number of aliphatic hydroxyl groups excluding tert-OH is 1. The molecule has 1 aliphatic heterocycles. The summed E-state index contributed by atoms with van der Waals surface area (Å²) >= 11 is 0. The van der Waals surface area contributed by atoms with Gasteiger partial charge in [-0.3, -0.25) is 9.59 Å². The van der Waals surface area contributed by atoms with E-state index >= 15 is 0 Å². The molecule has 8 heteroatoms. The van der Waals surface area contributed by atoms with Gasteiger partial charge in [0, 0.05) is 36.8 Å². The topological polar surface area (TPSA) is 83.0 Å². The number of nitrogens with zero attached hydrogens (tertiary/aromatic N) is 3. The molecule has 0 spiro atoms. The van der Waals surface area contributed by atoms with E-state index in [1.54, 1.807) is 37.2 Å². The monoisotopic (exact) mass is 491 g/mol. The molecule has 0 saturated carbocycles. The van der Waals surface area contributed by atoms with Crippen LogP contribution >= 0.6 is 0 Å². The van der Waals surface area contributed by atoms with Crippen molar-refractivity contribution < 1.29 is 23.8 Å². The lowest BCUT2D eigenvalue weighted by atomic mass is 9.99. The molecule has 4 rings (SSSR count). The van der Waals surface area contributed by atoms with Crippen LogP contribution in [0.2, 0.25) is 0 Å². The molecule has 2 aromatic carbocycles. The number of hydrogen-bond acceptors (Lipinski definition) is 5. The summed E-state index contributed by atoms with van der Waals surface area (Å²) in [5, 5.41) is 9.84. The first-order chi connectivity index (χ1) is 17.3. The van der Waals surface area contributed by atoms with E-state index in [-0.39, 0.29) is 42.3 Å². The van der Waals surface area contributed by atoms with E-state index in [4.69, 9.17) is 4.74 Å². The van der Waals surface area contributed by atoms with Crippen molar-refractivity contribution in [1.29, 1.82) is 0 Å². The fraction of sp³-hybridized carbons (Fsp3) is 0.321. The van der Waals surface area contributed by atoms with E-state index in [2.05, 4.69) is 4.98 Å². The van der Waals surface area contributed by atoms with E-state index in [0.29, 0.717) is 12.1 Å². The fourth-order valence-electron chi connectivity index (χ4n) is 4.30. The SMILES string of the molecule is C[C@@H]1CN([C@H](C)CO)C(=O)c2cc(-c3ccccc3)cnc2O[C@@H]1CN(C)C(=O)c1cccc(F)c1. The molecule has 1 aromatic heterocycles. The van der Waals surface area contributed by atoms with Crippen LogP contribution in [0.5, 0.6) is 5.88 Å². The van der Waals surface area contributed by atoms with Gasteiger partial charge in [-0.15, -0.1) is 0 Å². The van der Waals surface area contributed by atoms with E-state index in [0.717, 1.165) is 11.1 Å². The zero-order valence-electron chi connectivity index (χ0n) is 20.6. The lowest BCUT2D eigenvalue weighted by Crippen LogP contribution is -2.50. The summed E-state index contributed by atoms with van der Waals surface area (Å²) < 4.78 is 19.9. The first-order valence-electron chi connectivity index (χ1n) is 11.9. The Bertz CT molecular complexity index is 1240. The Morgan fingerprint density at radius 2 is 1.94 bits per heavy atom. The van der Waals surface area contributed by atoms with Crippen LogP contribution < -0.4 is 4.74 Å². The second kappa shape index (κ2) is 10.9. The Hall–Kier alpha value is -3.78. The van der Waals surface area contributed by atoms with Crippen LogP contribution in [0.3, 0.4) is 0 Å². The maximum absolute atomic E-state index is 13.7. The average Bonchev–Trinajstić information content (AvgIpc) is 2.90. The molecular formula is C28H30FN3O4. The molecule has 0 unspecified atom stereocenters. The minimum atomic E-state index is -0.497. The normalized spacial score (nSPS) is 18.5. The summed E-state index contributed by atoms with van der Waals surface area (Å²) in [6.45, 7) is 4.05. The van der Waals surface area contributed by atoms with Crippen LogP contribution in [0.4, 0.5) is 4.39 Å². The van der Waals surface area contributed by atoms with Gasteiger partial charge in [-0.25, -0.2) is 9.37 Å². The van der Waals surface area contributed by atoms with Gasteiger partial charge in [-0.2, -0.15) is 0 Å². The number of benzene rings is 2.